The van der Waals surface area contributed by atoms with Crippen molar-refractivity contribution in [1.29, 1.82) is 0 Å². The normalized spacial score (nSPS) is 13.7. The van der Waals surface area contributed by atoms with Gasteiger partial charge in [-0.1, -0.05) is 6.42 Å². The van der Waals surface area contributed by atoms with E-state index in [2.05, 4.69) is 14.7 Å². The lowest BCUT2D eigenvalue weighted by molar-refractivity contribution is -0.152. The summed E-state index contributed by atoms with van der Waals surface area (Å²) in [6.07, 6.45) is 2.60. The molecule has 0 N–H and O–H groups in total. The summed E-state index contributed by atoms with van der Waals surface area (Å²) in [5.74, 6) is -1.87. The second-order valence-electron chi connectivity index (χ2n) is 5.35. The van der Waals surface area contributed by atoms with Gasteiger partial charge < -0.3 is 9.47 Å². The van der Waals surface area contributed by atoms with Crippen molar-refractivity contribution >= 4 is 21.8 Å². The van der Waals surface area contributed by atoms with E-state index in [0.29, 0.717) is 12.8 Å². The molecule has 8 nitrogen and oxygen atoms in total. The van der Waals surface area contributed by atoms with Gasteiger partial charge >= 0.3 is 16.9 Å². The third-order valence-electron chi connectivity index (χ3n) is 3.47. The van der Waals surface area contributed by atoms with Gasteiger partial charge in [0.25, 0.3) is 15.0 Å². The average Bonchev–Trinajstić information content (AvgIpc) is 2.62. The van der Waals surface area contributed by atoms with Crippen LogP contribution in [-0.2, 0) is 28.9 Å². The van der Waals surface area contributed by atoms with Gasteiger partial charge in [0.1, 0.15) is 0 Å². The molecule has 0 radical (unpaired) electrons. The lowest BCUT2D eigenvalue weighted by Gasteiger charge is -2.22. The number of carbonyl (C=O) groups is 2. The first-order valence-corrected chi connectivity index (χ1v) is 9.81. The Labute approximate surface area is 152 Å². The van der Waals surface area contributed by atoms with Crippen LogP contribution in [0.15, 0.2) is 23.6 Å². The zero-order valence-corrected chi connectivity index (χ0v) is 15.6. The fourth-order valence-electron chi connectivity index (χ4n) is 2.19. The van der Waals surface area contributed by atoms with Crippen LogP contribution in [0.5, 0.6) is 0 Å². The van der Waals surface area contributed by atoms with Gasteiger partial charge in [0, 0.05) is 25.2 Å². The van der Waals surface area contributed by atoms with E-state index in [1.54, 1.807) is 6.92 Å². The number of carbonyl (C=O) groups excluding carboxylic acids is 2. The number of unbranched alkanes of at least 4 members (excludes halogenated alkanes) is 2. The van der Waals surface area contributed by atoms with Crippen LogP contribution in [0.2, 0.25) is 0 Å². The first-order valence-electron chi connectivity index (χ1n) is 8.33. The molecule has 0 spiro atoms. The molecular formula is C16H23FN2O6S. The van der Waals surface area contributed by atoms with Crippen LogP contribution in [-0.4, -0.2) is 48.5 Å². The highest BCUT2D eigenvalue weighted by atomic mass is 32.2. The number of halogens is 1. The summed E-state index contributed by atoms with van der Waals surface area (Å²) in [6.45, 7) is 3.23. The van der Waals surface area contributed by atoms with E-state index in [1.165, 1.54) is 13.0 Å². The maximum Gasteiger partial charge on any atom is 0.360 e. The highest BCUT2D eigenvalue weighted by molar-refractivity contribution is 7.93. The largest absolute Gasteiger partial charge is 0.466 e. The fraction of sp³-hybridized carbons (Fsp3) is 0.625. The summed E-state index contributed by atoms with van der Waals surface area (Å²) in [7, 11) is -4.79. The summed E-state index contributed by atoms with van der Waals surface area (Å²) >= 11 is 0. The van der Waals surface area contributed by atoms with E-state index in [1.807, 2.05) is 0 Å². The van der Waals surface area contributed by atoms with Crippen molar-refractivity contribution in [3.05, 3.63) is 18.5 Å². The van der Waals surface area contributed by atoms with Crippen molar-refractivity contribution in [2.24, 2.45) is 0 Å². The molecule has 0 amide bonds. The van der Waals surface area contributed by atoms with Crippen molar-refractivity contribution in [2.45, 2.75) is 56.1 Å². The first-order chi connectivity index (χ1) is 12.3. The molecule has 146 valence electrons. The van der Waals surface area contributed by atoms with Crippen LogP contribution >= 0.6 is 0 Å². The number of hydrogen-bond donors (Lipinski definition) is 0. The minimum absolute atomic E-state index is 0.0563. The van der Waals surface area contributed by atoms with Crippen LogP contribution in [0, 0.1) is 0 Å². The molecular weight excluding hydrogens is 367 g/mol. The molecule has 0 aliphatic rings. The molecule has 1 aromatic rings. The Kier molecular flexibility index (Phi) is 8.56. The van der Waals surface area contributed by atoms with E-state index >= 15 is 4.39 Å². The molecule has 1 atom stereocenters. The number of esters is 2. The van der Waals surface area contributed by atoms with E-state index < -0.39 is 32.4 Å². The maximum absolute atomic E-state index is 15.3. The van der Waals surface area contributed by atoms with Crippen molar-refractivity contribution in [2.75, 3.05) is 13.2 Å². The molecule has 1 rings (SSSR count). The van der Waals surface area contributed by atoms with Gasteiger partial charge in [0.15, 0.2) is 0 Å². The van der Waals surface area contributed by atoms with Gasteiger partial charge in [-0.05, 0) is 32.8 Å². The minimum Gasteiger partial charge on any atom is -0.466 e. The molecule has 0 aliphatic heterocycles. The summed E-state index contributed by atoms with van der Waals surface area (Å²) in [5.41, 5.74) is 0. The molecule has 10 heteroatoms. The van der Waals surface area contributed by atoms with Crippen LogP contribution in [0.4, 0.5) is 4.39 Å². The van der Waals surface area contributed by atoms with Crippen molar-refractivity contribution in [1.82, 2.24) is 9.97 Å². The van der Waals surface area contributed by atoms with Gasteiger partial charge in [-0.25, -0.2) is 27.6 Å². The Morgan fingerprint density at radius 3 is 2.27 bits per heavy atom. The molecule has 26 heavy (non-hydrogen) atoms. The second kappa shape index (κ2) is 10.1. The number of rotatable bonds is 11. The van der Waals surface area contributed by atoms with E-state index in [0.717, 1.165) is 12.4 Å². The second-order valence-corrected chi connectivity index (χ2v) is 7.37. The third kappa shape index (κ3) is 5.45. The van der Waals surface area contributed by atoms with Crippen molar-refractivity contribution in [3.63, 3.8) is 0 Å². The van der Waals surface area contributed by atoms with Gasteiger partial charge in [-0.3, -0.25) is 4.79 Å². The molecule has 1 aromatic heterocycles. The molecule has 1 heterocycles. The van der Waals surface area contributed by atoms with Crippen LogP contribution in [0.1, 0.15) is 46.0 Å². The number of alkyl halides is 1. The number of sulfone groups is 1. The van der Waals surface area contributed by atoms with Crippen molar-refractivity contribution < 1.29 is 31.9 Å². The summed E-state index contributed by atoms with van der Waals surface area (Å²) < 4.78 is 49.8. The van der Waals surface area contributed by atoms with Crippen molar-refractivity contribution in [3.8, 4) is 0 Å². The van der Waals surface area contributed by atoms with Gasteiger partial charge in [0.05, 0.1) is 13.2 Å². The lowest BCUT2D eigenvalue weighted by Crippen LogP contribution is -2.44. The van der Waals surface area contributed by atoms with Gasteiger partial charge in [-0.15, -0.1) is 0 Å². The predicted octanol–water partition coefficient (Wildman–Crippen LogP) is 1.99. The monoisotopic (exact) mass is 390 g/mol. The average molecular weight is 390 g/mol. The molecule has 0 saturated carbocycles. The molecule has 0 bridgehead atoms. The summed E-state index contributed by atoms with van der Waals surface area (Å²) in [5, 5.41) is -4.06. The molecule has 0 saturated heterocycles. The lowest BCUT2D eigenvalue weighted by atomic mass is 10.1. The van der Waals surface area contributed by atoms with Crippen LogP contribution in [0.25, 0.3) is 0 Å². The van der Waals surface area contributed by atoms with E-state index in [-0.39, 0.29) is 32.0 Å². The number of nitrogens with zero attached hydrogens (tertiary/aromatic N) is 2. The third-order valence-corrected chi connectivity index (χ3v) is 5.39. The molecule has 0 aromatic carbocycles. The standard InChI is InChI=1S/C16H23FN2O6S/c1-3-24-13(20)9-6-5-7-10-16(17,14(21)25-4-2)26(22,23)15-18-11-8-12-19-15/h8,11-12H,3-7,9-10H2,1-2H3. The number of hydrogen-bond acceptors (Lipinski definition) is 8. The Morgan fingerprint density at radius 1 is 1.08 bits per heavy atom. The Bertz CT molecular complexity index is 698. The van der Waals surface area contributed by atoms with E-state index in [4.69, 9.17) is 4.74 Å². The highest BCUT2D eigenvalue weighted by Crippen LogP contribution is 2.32. The predicted molar refractivity (Wildman–Crippen MR) is 89.4 cm³/mol. The zero-order valence-electron chi connectivity index (χ0n) is 14.8. The smallest absolute Gasteiger partial charge is 0.360 e. The topological polar surface area (TPSA) is 113 Å². The molecule has 0 aliphatic carbocycles. The quantitative estimate of drug-likeness (QED) is 0.320. The Morgan fingerprint density at radius 2 is 1.69 bits per heavy atom. The zero-order chi connectivity index (χ0) is 19.6. The first kappa shape index (κ1) is 21.9. The highest BCUT2D eigenvalue weighted by Gasteiger charge is 2.54. The number of ether oxygens (including phenoxy) is 2. The van der Waals surface area contributed by atoms with Crippen LogP contribution in [0.3, 0.4) is 0 Å². The Balaban J connectivity index is 2.85. The van der Waals surface area contributed by atoms with Gasteiger partial charge in [0.2, 0.25) is 0 Å². The molecule has 0 fully saturated rings. The van der Waals surface area contributed by atoms with Gasteiger partial charge in [-0.2, -0.15) is 0 Å². The SMILES string of the molecule is CCOC(=O)CCCCCC(F)(C(=O)OCC)S(=O)(=O)c1ncccn1. The van der Waals surface area contributed by atoms with E-state index in [9.17, 15) is 18.0 Å². The number of aromatic nitrogens is 2. The molecule has 1 unspecified atom stereocenters. The Hall–Kier alpha value is -2.10. The van der Waals surface area contributed by atoms with Crippen LogP contribution < -0.4 is 0 Å². The summed E-state index contributed by atoms with van der Waals surface area (Å²) in [4.78, 5) is 30.4. The maximum atomic E-state index is 15.3. The minimum atomic E-state index is -4.79. The fourth-order valence-corrected chi connectivity index (χ4v) is 3.57. The summed E-state index contributed by atoms with van der Waals surface area (Å²) in [6, 6.07) is 1.37.